The van der Waals surface area contributed by atoms with Crippen molar-refractivity contribution in [2.75, 3.05) is 38.1 Å². The number of likely N-dealkylation sites (tertiary alicyclic amines) is 2. The third kappa shape index (κ3) is 4.13. The number of carbonyl (C=O) groups excluding carboxylic acids is 2. The Morgan fingerprint density at radius 3 is 2.93 bits per heavy atom. The summed E-state index contributed by atoms with van der Waals surface area (Å²) in [6.07, 6.45) is 6.85. The number of hydrogen-bond donors (Lipinski definition) is 2. The molecule has 4 rings (SSSR count). The average molecular weight is 432 g/mol. The summed E-state index contributed by atoms with van der Waals surface area (Å²) in [4.78, 5) is 39.0. The van der Waals surface area contributed by atoms with Gasteiger partial charge >= 0.3 is 0 Å². The van der Waals surface area contributed by atoms with E-state index in [1.165, 1.54) is 17.7 Å². The molecule has 0 aliphatic carbocycles. The first-order chi connectivity index (χ1) is 14.6. The third-order valence-electron chi connectivity index (χ3n) is 6.09. The van der Waals surface area contributed by atoms with Crippen molar-refractivity contribution in [1.82, 2.24) is 19.8 Å². The fraction of sp³-hybridized carbons (Fsp3) is 0.619. The molecular weight excluding hydrogens is 402 g/mol. The van der Waals surface area contributed by atoms with Gasteiger partial charge in [0.15, 0.2) is 0 Å². The molecule has 2 aliphatic rings. The molecule has 162 valence electrons. The highest BCUT2D eigenvalue weighted by atomic mass is 32.1. The Balaban J connectivity index is 1.48. The number of hydrogen-bond acceptors (Lipinski definition) is 7. The first kappa shape index (κ1) is 21.0. The number of nitrogens with one attached hydrogen (secondary N) is 1. The number of anilines is 1. The Labute approximate surface area is 180 Å². The van der Waals surface area contributed by atoms with E-state index in [0.717, 1.165) is 66.8 Å². The summed E-state index contributed by atoms with van der Waals surface area (Å²) in [5, 5.41) is 13.9. The fourth-order valence-corrected chi connectivity index (χ4v) is 5.52. The van der Waals surface area contributed by atoms with Crippen molar-refractivity contribution in [1.29, 1.82) is 0 Å². The molecule has 2 aromatic heterocycles. The van der Waals surface area contributed by atoms with Gasteiger partial charge in [0.2, 0.25) is 5.91 Å². The number of nitrogens with zero attached hydrogens (tertiary/aromatic N) is 4. The lowest BCUT2D eigenvalue weighted by atomic mass is 10.0. The summed E-state index contributed by atoms with van der Waals surface area (Å²) < 4.78 is 0. The lowest BCUT2D eigenvalue weighted by Gasteiger charge is -2.34. The standard InChI is InChI=1S/C21H29N5O3S/c1-14-17-19(22-8-5-10-25-9-4-7-16(25)28)23-13-24-20(17)30-18(14)21(29)26-11-3-2-6-15(26)12-27/h13,15,27H,2-12H2,1H3,(H,22,23,24)/t15-/m0/s1. The molecule has 0 radical (unpaired) electrons. The van der Waals surface area contributed by atoms with Gasteiger partial charge < -0.3 is 20.2 Å². The summed E-state index contributed by atoms with van der Waals surface area (Å²) in [6, 6.07) is -0.104. The van der Waals surface area contributed by atoms with E-state index in [1.54, 1.807) is 0 Å². The number of aliphatic hydroxyl groups excluding tert-OH is 1. The van der Waals surface area contributed by atoms with E-state index in [2.05, 4.69) is 15.3 Å². The van der Waals surface area contributed by atoms with Crippen LogP contribution in [-0.4, -0.2) is 75.5 Å². The van der Waals surface area contributed by atoms with Gasteiger partial charge in [-0.3, -0.25) is 9.59 Å². The zero-order valence-corrected chi connectivity index (χ0v) is 18.2. The zero-order chi connectivity index (χ0) is 21.1. The highest BCUT2D eigenvalue weighted by Crippen LogP contribution is 2.35. The summed E-state index contributed by atoms with van der Waals surface area (Å²) >= 11 is 1.40. The van der Waals surface area contributed by atoms with Crippen LogP contribution in [0, 0.1) is 6.92 Å². The minimum Gasteiger partial charge on any atom is -0.394 e. The van der Waals surface area contributed by atoms with Gasteiger partial charge in [0, 0.05) is 32.6 Å². The molecule has 2 N–H and O–H groups in total. The van der Waals surface area contributed by atoms with E-state index in [4.69, 9.17) is 0 Å². The van der Waals surface area contributed by atoms with Gasteiger partial charge in [0.05, 0.1) is 22.9 Å². The topological polar surface area (TPSA) is 98.7 Å². The van der Waals surface area contributed by atoms with E-state index < -0.39 is 0 Å². The Hall–Kier alpha value is -2.26. The molecule has 30 heavy (non-hydrogen) atoms. The fourth-order valence-electron chi connectivity index (χ4n) is 4.41. The number of aliphatic hydroxyl groups is 1. The van der Waals surface area contributed by atoms with Gasteiger partial charge in [-0.15, -0.1) is 11.3 Å². The summed E-state index contributed by atoms with van der Waals surface area (Å²) in [5.41, 5.74) is 0.889. The van der Waals surface area contributed by atoms with E-state index in [0.29, 0.717) is 24.4 Å². The van der Waals surface area contributed by atoms with Crippen LogP contribution in [0.25, 0.3) is 10.2 Å². The van der Waals surface area contributed by atoms with E-state index in [1.807, 2.05) is 16.7 Å². The molecule has 0 saturated carbocycles. The first-order valence-electron chi connectivity index (χ1n) is 10.8. The molecule has 9 heteroatoms. The monoisotopic (exact) mass is 431 g/mol. The first-order valence-corrected chi connectivity index (χ1v) is 11.6. The zero-order valence-electron chi connectivity index (χ0n) is 17.4. The number of rotatable bonds is 7. The maximum absolute atomic E-state index is 13.2. The van der Waals surface area contributed by atoms with Crippen LogP contribution in [-0.2, 0) is 4.79 Å². The largest absolute Gasteiger partial charge is 0.394 e. The van der Waals surface area contributed by atoms with Crippen LogP contribution in [0.3, 0.4) is 0 Å². The van der Waals surface area contributed by atoms with Gasteiger partial charge in [-0.1, -0.05) is 0 Å². The second-order valence-corrected chi connectivity index (χ2v) is 9.05. The molecule has 4 heterocycles. The highest BCUT2D eigenvalue weighted by molar-refractivity contribution is 7.20. The molecule has 8 nitrogen and oxygen atoms in total. The molecule has 0 unspecified atom stereocenters. The van der Waals surface area contributed by atoms with Gasteiger partial charge in [-0.05, 0) is 44.6 Å². The van der Waals surface area contributed by atoms with Gasteiger partial charge in [-0.25, -0.2) is 9.97 Å². The van der Waals surface area contributed by atoms with Crippen molar-refractivity contribution in [3.63, 3.8) is 0 Å². The van der Waals surface area contributed by atoms with Crippen LogP contribution in [0.5, 0.6) is 0 Å². The highest BCUT2D eigenvalue weighted by Gasteiger charge is 2.30. The van der Waals surface area contributed by atoms with Crippen molar-refractivity contribution in [3.05, 3.63) is 16.8 Å². The van der Waals surface area contributed by atoms with Gasteiger partial charge in [0.1, 0.15) is 17.0 Å². The molecular formula is C21H29N5O3S. The lowest BCUT2D eigenvalue weighted by molar-refractivity contribution is -0.127. The number of carbonyl (C=O) groups is 2. The van der Waals surface area contributed by atoms with E-state index >= 15 is 0 Å². The SMILES string of the molecule is Cc1c(C(=O)N2CCCC[C@H]2CO)sc2ncnc(NCCCN3CCCC3=O)c12. The van der Waals surface area contributed by atoms with Crippen LogP contribution in [0.15, 0.2) is 6.33 Å². The molecule has 0 bridgehead atoms. The quantitative estimate of drug-likeness (QED) is 0.653. The minimum atomic E-state index is -0.104. The maximum atomic E-state index is 13.2. The third-order valence-corrected chi connectivity index (χ3v) is 7.28. The number of aryl methyl sites for hydroxylation is 1. The van der Waals surface area contributed by atoms with Crippen LogP contribution in [0.4, 0.5) is 5.82 Å². The smallest absolute Gasteiger partial charge is 0.264 e. The average Bonchev–Trinajstić information content (AvgIpc) is 3.33. The predicted molar refractivity (Wildman–Crippen MR) is 117 cm³/mol. The second-order valence-electron chi connectivity index (χ2n) is 8.05. The predicted octanol–water partition coefficient (Wildman–Crippen LogP) is 2.41. The number of fused-ring (bicyclic) bond motifs is 1. The van der Waals surface area contributed by atoms with Crippen molar-refractivity contribution < 1.29 is 14.7 Å². The minimum absolute atomic E-state index is 0.00180. The lowest BCUT2D eigenvalue weighted by Crippen LogP contribution is -2.45. The molecule has 2 aromatic rings. The molecule has 0 aromatic carbocycles. The Kier molecular flexibility index (Phi) is 6.48. The number of aromatic nitrogens is 2. The van der Waals surface area contributed by atoms with Crippen LogP contribution in [0.1, 0.15) is 53.8 Å². The summed E-state index contributed by atoms with van der Waals surface area (Å²) in [6.45, 7) is 4.95. The second kappa shape index (κ2) is 9.26. The van der Waals surface area contributed by atoms with Crippen LogP contribution < -0.4 is 5.32 Å². The van der Waals surface area contributed by atoms with Crippen LogP contribution >= 0.6 is 11.3 Å². The Bertz CT molecular complexity index is 931. The van der Waals surface area contributed by atoms with Crippen molar-refractivity contribution in [2.45, 2.75) is 51.5 Å². The van der Waals surface area contributed by atoms with Crippen molar-refractivity contribution >= 4 is 39.2 Å². The summed E-state index contributed by atoms with van der Waals surface area (Å²) in [7, 11) is 0. The number of amides is 2. The molecule has 2 aliphatic heterocycles. The Morgan fingerprint density at radius 2 is 2.17 bits per heavy atom. The van der Waals surface area contributed by atoms with E-state index in [9.17, 15) is 14.7 Å². The van der Waals surface area contributed by atoms with Crippen molar-refractivity contribution in [3.8, 4) is 0 Å². The molecule has 0 spiro atoms. The molecule has 2 fully saturated rings. The molecule has 1 atom stereocenters. The van der Waals surface area contributed by atoms with Crippen LogP contribution in [0.2, 0.25) is 0 Å². The number of thiophene rings is 1. The Morgan fingerprint density at radius 1 is 1.30 bits per heavy atom. The van der Waals surface area contributed by atoms with Gasteiger partial charge in [-0.2, -0.15) is 0 Å². The normalized spacial score (nSPS) is 19.7. The molecule has 2 saturated heterocycles. The summed E-state index contributed by atoms with van der Waals surface area (Å²) in [5.74, 6) is 0.959. The maximum Gasteiger partial charge on any atom is 0.264 e. The molecule has 2 amide bonds. The number of piperidine rings is 1. The van der Waals surface area contributed by atoms with E-state index in [-0.39, 0.29) is 24.5 Å². The van der Waals surface area contributed by atoms with Gasteiger partial charge in [0.25, 0.3) is 5.91 Å². The van der Waals surface area contributed by atoms with Crippen molar-refractivity contribution in [2.24, 2.45) is 0 Å².